The lowest BCUT2D eigenvalue weighted by Crippen LogP contribution is -2.60. The molecule has 0 amide bonds. The first kappa shape index (κ1) is 19.4. The van der Waals surface area contributed by atoms with Crippen molar-refractivity contribution in [1.82, 2.24) is 0 Å². The summed E-state index contributed by atoms with van der Waals surface area (Å²) in [4.78, 5) is 24.9. The molecule has 158 valence electrons. The van der Waals surface area contributed by atoms with Gasteiger partial charge in [0.05, 0.1) is 6.61 Å². The highest BCUT2D eigenvalue weighted by Gasteiger charge is 2.95. The fourth-order valence-corrected chi connectivity index (χ4v) is 7.31. The van der Waals surface area contributed by atoms with Crippen molar-refractivity contribution in [1.29, 1.82) is 0 Å². The van der Waals surface area contributed by atoms with E-state index < -0.39 is 51.6 Å². The maximum Gasteiger partial charge on any atom is 0.303 e. The summed E-state index contributed by atoms with van der Waals surface area (Å²) in [5.74, 6) is -2.01. The molecule has 2 saturated carbocycles. The van der Waals surface area contributed by atoms with Crippen LogP contribution in [-0.4, -0.2) is 62.2 Å². The number of rotatable bonds is 2. The van der Waals surface area contributed by atoms with Crippen LogP contribution in [0.5, 0.6) is 0 Å². The molecule has 5 aliphatic rings. The Morgan fingerprint density at radius 2 is 2.00 bits per heavy atom. The zero-order valence-electron chi connectivity index (χ0n) is 17.4. The lowest BCUT2D eigenvalue weighted by atomic mass is 9.62. The van der Waals surface area contributed by atoms with Gasteiger partial charge in [0.2, 0.25) is 0 Å². The average Bonchev–Trinajstić information content (AvgIpc) is 3.41. The second-order valence-corrected chi connectivity index (χ2v) is 10.2. The Morgan fingerprint density at radius 3 is 2.59 bits per heavy atom. The standard InChI is InChI=1S/C22H28O7/c1-10-7-20-19(26,16(10)25)8-13(9-23)6-14-15-18(4,5)21(15,27)17(28-12(3)24)11(2)22(14,20)29-20/h6-7,11,14-15,17,23,26-27H,8-9H2,1-5H3/t11-,14+,15-,17-,19+,20-,21-,22-/m1/s1. The number of fused-ring (bicyclic) bond motifs is 2. The third-order valence-corrected chi connectivity index (χ3v) is 8.65. The molecule has 1 saturated heterocycles. The van der Waals surface area contributed by atoms with E-state index in [-0.39, 0.29) is 24.9 Å². The van der Waals surface area contributed by atoms with E-state index in [0.717, 1.165) is 0 Å². The van der Waals surface area contributed by atoms with Crippen molar-refractivity contribution in [2.24, 2.45) is 23.2 Å². The second-order valence-electron chi connectivity index (χ2n) is 10.2. The van der Waals surface area contributed by atoms with Crippen molar-refractivity contribution < 1.29 is 34.4 Å². The van der Waals surface area contributed by atoms with E-state index in [2.05, 4.69) is 0 Å². The van der Waals surface area contributed by atoms with Crippen molar-refractivity contribution >= 4 is 11.8 Å². The largest absolute Gasteiger partial charge is 0.459 e. The van der Waals surface area contributed by atoms with E-state index >= 15 is 0 Å². The van der Waals surface area contributed by atoms with Crippen molar-refractivity contribution in [3.8, 4) is 0 Å². The molecule has 0 aromatic carbocycles. The first-order valence-corrected chi connectivity index (χ1v) is 10.2. The molecular formula is C22H28O7. The van der Waals surface area contributed by atoms with Crippen LogP contribution in [0.3, 0.4) is 0 Å². The number of carbonyl (C=O) groups is 2. The molecule has 8 atom stereocenters. The number of hydrogen-bond acceptors (Lipinski definition) is 7. The van der Waals surface area contributed by atoms with Crippen molar-refractivity contribution in [2.45, 2.75) is 69.5 Å². The first-order chi connectivity index (χ1) is 13.3. The van der Waals surface area contributed by atoms with Gasteiger partial charge in [0, 0.05) is 36.5 Å². The molecule has 1 aliphatic heterocycles. The molecule has 29 heavy (non-hydrogen) atoms. The third-order valence-electron chi connectivity index (χ3n) is 8.65. The molecule has 0 radical (unpaired) electrons. The summed E-state index contributed by atoms with van der Waals surface area (Å²) in [5, 5.41) is 33.2. The third kappa shape index (κ3) is 1.74. The smallest absolute Gasteiger partial charge is 0.303 e. The highest BCUT2D eigenvalue weighted by molar-refractivity contribution is 6.07. The molecule has 3 N–H and O–H groups in total. The Bertz CT molecular complexity index is 918. The number of ether oxygens (including phenoxy) is 2. The highest BCUT2D eigenvalue weighted by atomic mass is 16.7. The van der Waals surface area contributed by atoms with Crippen LogP contribution in [0.15, 0.2) is 23.3 Å². The maximum absolute atomic E-state index is 13.0. The van der Waals surface area contributed by atoms with Gasteiger partial charge in [-0.3, -0.25) is 9.59 Å². The molecule has 5 rings (SSSR count). The number of epoxide rings is 1. The Labute approximate surface area is 169 Å². The van der Waals surface area contributed by atoms with E-state index in [4.69, 9.17) is 9.47 Å². The van der Waals surface area contributed by atoms with Gasteiger partial charge >= 0.3 is 5.97 Å². The van der Waals surface area contributed by atoms with Gasteiger partial charge in [-0.1, -0.05) is 26.8 Å². The minimum absolute atomic E-state index is 0.0229. The summed E-state index contributed by atoms with van der Waals surface area (Å²) in [6, 6.07) is 0. The van der Waals surface area contributed by atoms with Gasteiger partial charge in [0.1, 0.15) is 17.3 Å². The van der Waals surface area contributed by atoms with Crippen LogP contribution >= 0.6 is 0 Å². The van der Waals surface area contributed by atoms with Crippen LogP contribution < -0.4 is 0 Å². The van der Waals surface area contributed by atoms with Crippen LogP contribution in [0.1, 0.15) is 41.0 Å². The fraction of sp³-hybridized carbons (Fsp3) is 0.727. The molecule has 4 aliphatic carbocycles. The van der Waals surface area contributed by atoms with Gasteiger partial charge in [-0.05, 0) is 24.1 Å². The summed E-state index contributed by atoms with van der Waals surface area (Å²) in [6.45, 7) is 8.39. The molecule has 0 aromatic rings. The number of hydrogen-bond donors (Lipinski definition) is 3. The first-order valence-electron chi connectivity index (χ1n) is 10.2. The highest BCUT2D eigenvalue weighted by Crippen LogP contribution is 2.81. The summed E-state index contributed by atoms with van der Waals surface area (Å²) in [7, 11) is 0. The van der Waals surface area contributed by atoms with Crippen LogP contribution in [0.25, 0.3) is 0 Å². The van der Waals surface area contributed by atoms with Crippen LogP contribution in [0.4, 0.5) is 0 Å². The minimum atomic E-state index is -1.82. The van der Waals surface area contributed by atoms with Gasteiger partial charge in [0.25, 0.3) is 0 Å². The van der Waals surface area contributed by atoms with Crippen LogP contribution in [0, 0.1) is 23.2 Å². The lowest BCUT2D eigenvalue weighted by molar-refractivity contribution is -0.172. The topological polar surface area (TPSA) is 117 Å². The minimum Gasteiger partial charge on any atom is -0.459 e. The molecule has 2 spiro atoms. The van der Waals surface area contributed by atoms with Crippen LogP contribution in [0.2, 0.25) is 0 Å². The molecule has 0 unspecified atom stereocenters. The predicted molar refractivity (Wildman–Crippen MR) is 100 cm³/mol. The molecule has 3 fully saturated rings. The van der Waals surface area contributed by atoms with Gasteiger partial charge < -0.3 is 24.8 Å². The number of aliphatic hydroxyl groups is 3. The van der Waals surface area contributed by atoms with Gasteiger partial charge in [0.15, 0.2) is 17.0 Å². The SMILES string of the molecule is CC(=O)O[C@@H]1[C@@H](C)[C@]23O[C@@]24C=C(C)C(=O)[C@@]4(O)CC(CO)=C[C@H]3[C@@H]2C(C)(C)[C@]12O. The number of aliphatic hydroxyl groups excluding tert-OH is 1. The Hall–Kier alpha value is -1.54. The maximum atomic E-state index is 13.0. The van der Waals surface area contributed by atoms with E-state index in [1.165, 1.54) is 6.92 Å². The summed E-state index contributed by atoms with van der Waals surface area (Å²) < 4.78 is 12.0. The quantitative estimate of drug-likeness (QED) is 0.352. The van der Waals surface area contributed by atoms with Gasteiger partial charge in [-0.15, -0.1) is 0 Å². The Balaban J connectivity index is 1.74. The summed E-state index contributed by atoms with van der Waals surface area (Å²) in [6.07, 6.45) is 2.74. The normalized spacial score (nSPS) is 53.4. The van der Waals surface area contributed by atoms with Crippen LogP contribution in [-0.2, 0) is 19.1 Å². The van der Waals surface area contributed by atoms with E-state index in [0.29, 0.717) is 11.1 Å². The summed E-state index contributed by atoms with van der Waals surface area (Å²) in [5.41, 5.74) is -4.90. The van der Waals surface area contributed by atoms with E-state index in [1.807, 2.05) is 26.8 Å². The fourth-order valence-electron chi connectivity index (χ4n) is 7.31. The van der Waals surface area contributed by atoms with Gasteiger partial charge in [-0.2, -0.15) is 0 Å². The molecule has 1 heterocycles. The summed E-state index contributed by atoms with van der Waals surface area (Å²) >= 11 is 0. The molecular weight excluding hydrogens is 376 g/mol. The van der Waals surface area contributed by atoms with E-state index in [1.54, 1.807) is 13.0 Å². The second kappa shape index (κ2) is 5.02. The molecule has 7 heteroatoms. The predicted octanol–water partition coefficient (Wildman–Crippen LogP) is 0.661. The van der Waals surface area contributed by atoms with Crippen molar-refractivity contribution in [2.75, 3.05) is 6.61 Å². The number of ketones is 1. The Kier molecular flexibility index (Phi) is 3.36. The average molecular weight is 404 g/mol. The van der Waals surface area contributed by atoms with Gasteiger partial charge in [-0.25, -0.2) is 0 Å². The van der Waals surface area contributed by atoms with Crippen molar-refractivity contribution in [3.05, 3.63) is 23.3 Å². The number of Topliss-reactive ketones (excluding diaryl/α,β-unsaturated/α-hetero) is 1. The van der Waals surface area contributed by atoms with E-state index in [9.17, 15) is 24.9 Å². The molecule has 0 aromatic heterocycles. The zero-order valence-corrected chi connectivity index (χ0v) is 17.4. The van der Waals surface area contributed by atoms with Crippen molar-refractivity contribution in [3.63, 3.8) is 0 Å². The number of carbonyl (C=O) groups excluding carboxylic acids is 2. The molecule has 0 bridgehead atoms. The zero-order chi connectivity index (χ0) is 21.4. The number of esters is 1. The molecule has 7 nitrogen and oxygen atoms in total. The lowest BCUT2D eigenvalue weighted by Gasteiger charge is -2.42. The monoisotopic (exact) mass is 404 g/mol. The Morgan fingerprint density at radius 1 is 1.34 bits per heavy atom.